The van der Waals surface area contributed by atoms with Crippen LogP contribution in [0.1, 0.15) is 26.2 Å². The van der Waals surface area contributed by atoms with E-state index in [0.717, 1.165) is 30.6 Å². The maximum atomic E-state index is 5.36. The van der Waals surface area contributed by atoms with Gasteiger partial charge in [-0.1, -0.05) is 6.42 Å². The molecule has 0 aliphatic heterocycles. The van der Waals surface area contributed by atoms with E-state index in [2.05, 4.69) is 20.6 Å². The van der Waals surface area contributed by atoms with E-state index in [9.17, 15) is 0 Å². The summed E-state index contributed by atoms with van der Waals surface area (Å²) in [5, 5.41) is 6.52. The minimum atomic E-state index is 0.702. The summed E-state index contributed by atoms with van der Waals surface area (Å²) in [5.41, 5.74) is 0. The molecule has 0 atom stereocenters. The Kier molecular flexibility index (Phi) is 4.01. The molecule has 5 heteroatoms. The molecule has 1 aromatic rings. The number of ether oxygens (including phenoxy) is 1. The average molecular weight is 236 g/mol. The number of methoxy groups -OCH3 is 1. The molecule has 2 rings (SSSR count). The number of nitrogens with zero attached hydrogens (tertiary/aromatic N) is 2. The van der Waals surface area contributed by atoms with Crippen LogP contribution in [0.25, 0.3) is 0 Å². The third-order valence-electron chi connectivity index (χ3n) is 3.14. The van der Waals surface area contributed by atoms with Gasteiger partial charge in [0, 0.05) is 13.1 Å². The van der Waals surface area contributed by atoms with Gasteiger partial charge in [0.15, 0.2) is 11.6 Å². The molecule has 1 fully saturated rings. The first-order chi connectivity index (χ1) is 8.35. The SMILES string of the molecule is CCNc1ncnc(NCC2CCC2)c1OC. The highest BCUT2D eigenvalue weighted by molar-refractivity contribution is 5.63. The summed E-state index contributed by atoms with van der Waals surface area (Å²) in [6.45, 7) is 3.82. The van der Waals surface area contributed by atoms with E-state index >= 15 is 0 Å². The maximum Gasteiger partial charge on any atom is 0.204 e. The minimum absolute atomic E-state index is 0.702. The Labute approximate surface area is 102 Å². The van der Waals surface area contributed by atoms with Gasteiger partial charge in [-0.05, 0) is 25.7 Å². The number of hydrogen-bond acceptors (Lipinski definition) is 5. The van der Waals surface area contributed by atoms with Gasteiger partial charge >= 0.3 is 0 Å². The van der Waals surface area contributed by atoms with E-state index < -0.39 is 0 Å². The second kappa shape index (κ2) is 5.70. The molecular formula is C12H20N4O. The standard InChI is InChI=1S/C12H20N4O/c1-3-13-11-10(17-2)12(16-8-15-11)14-7-9-5-4-6-9/h8-9H,3-7H2,1-2H3,(H2,13,14,15,16). The average Bonchev–Trinajstić information content (AvgIpc) is 2.28. The third-order valence-corrected chi connectivity index (χ3v) is 3.14. The zero-order chi connectivity index (χ0) is 12.1. The van der Waals surface area contributed by atoms with Crippen LogP contribution in [0, 0.1) is 5.92 Å². The lowest BCUT2D eigenvalue weighted by atomic mass is 9.85. The van der Waals surface area contributed by atoms with Crippen molar-refractivity contribution in [2.45, 2.75) is 26.2 Å². The molecule has 17 heavy (non-hydrogen) atoms. The zero-order valence-corrected chi connectivity index (χ0v) is 10.5. The lowest BCUT2D eigenvalue weighted by molar-refractivity contribution is 0.332. The highest BCUT2D eigenvalue weighted by Gasteiger charge is 2.18. The van der Waals surface area contributed by atoms with Gasteiger partial charge in [-0.2, -0.15) is 0 Å². The quantitative estimate of drug-likeness (QED) is 0.792. The Morgan fingerprint density at radius 1 is 1.29 bits per heavy atom. The van der Waals surface area contributed by atoms with Crippen molar-refractivity contribution in [3.63, 3.8) is 0 Å². The van der Waals surface area contributed by atoms with Crippen molar-refractivity contribution in [1.82, 2.24) is 9.97 Å². The van der Waals surface area contributed by atoms with Gasteiger partial charge in [-0.3, -0.25) is 0 Å². The second-order valence-corrected chi connectivity index (χ2v) is 4.31. The number of nitrogens with one attached hydrogen (secondary N) is 2. The van der Waals surface area contributed by atoms with Gasteiger partial charge in [0.25, 0.3) is 0 Å². The molecule has 5 nitrogen and oxygen atoms in total. The Morgan fingerprint density at radius 3 is 2.53 bits per heavy atom. The largest absolute Gasteiger partial charge is 0.490 e. The first-order valence-corrected chi connectivity index (χ1v) is 6.21. The fourth-order valence-electron chi connectivity index (χ4n) is 1.92. The van der Waals surface area contributed by atoms with Gasteiger partial charge in [0.05, 0.1) is 7.11 Å². The molecule has 94 valence electrons. The second-order valence-electron chi connectivity index (χ2n) is 4.31. The van der Waals surface area contributed by atoms with E-state index in [1.807, 2.05) is 6.92 Å². The van der Waals surface area contributed by atoms with Crippen molar-refractivity contribution in [1.29, 1.82) is 0 Å². The molecule has 0 amide bonds. The fourth-order valence-corrected chi connectivity index (χ4v) is 1.92. The molecule has 1 aliphatic rings. The maximum absolute atomic E-state index is 5.36. The van der Waals surface area contributed by atoms with E-state index in [1.165, 1.54) is 19.3 Å². The first-order valence-electron chi connectivity index (χ1n) is 6.21. The Balaban J connectivity index is 2.05. The van der Waals surface area contributed by atoms with Crippen LogP contribution in [0.3, 0.4) is 0 Å². The predicted molar refractivity (Wildman–Crippen MR) is 68.6 cm³/mol. The van der Waals surface area contributed by atoms with Crippen molar-refractivity contribution in [2.24, 2.45) is 5.92 Å². The van der Waals surface area contributed by atoms with E-state index in [1.54, 1.807) is 13.4 Å². The summed E-state index contributed by atoms with van der Waals surface area (Å²) in [4.78, 5) is 8.41. The van der Waals surface area contributed by atoms with Gasteiger partial charge in [-0.15, -0.1) is 0 Å². The van der Waals surface area contributed by atoms with Crippen LogP contribution < -0.4 is 15.4 Å². The van der Waals surface area contributed by atoms with Crippen LogP contribution in [0.2, 0.25) is 0 Å². The Morgan fingerprint density at radius 2 is 2.00 bits per heavy atom. The first kappa shape index (κ1) is 12.0. The molecule has 1 heterocycles. The molecule has 0 bridgehead atoms. The van der Waals surface area contributed by atoms with Crippen LogP contribution in [0.4, 0.5) is 11.6 Å². The molecule has 0 aromatic carbocycles. The Bertz CT molecular complexity index is 366. The molecule has 2 N–H and O–H groups in total. The molecular weight excluding hydrogens is 216 g/mol. The summed E-state index contributed by atoms with van der Waals surface area (Å²) >= 11 is 0. The summed E-state index contributed by atoms with van der Waals surface area (Å²) < 4.78 is 5.36. The summed E-state index contributed by atoms with van der Waals surface area (Å²) in [7, 11) is 1.65. The van der Waals surface area contributed by atoms with Crippen molar-refractivity contribution in [3.05, 3.63) is 6.33 Å². The predicted octanol–water partition coefficient (Wildman–Crippen LogP) is 2.13. The third kappa shape index (κ3) is 2.78. The lowest BCUT2D eigenvalue weighted by Crippen LogP contribution is -2.21. The van der Waals surface area contributed by atoms with E-state index in [-0.39, 0.29) is 0 Å². The highest BCUT2D eigenvalue weighted by Crippen LogP contribution is 2.31. The molecule has 1 aliphatic carbocycles. The highest BCUT2D eigenvalue weighted by atomic mass is 16.5. The van der Waals surface area contributed by atoms with Gasteiger partial charge in [0.2, 0.25) is 5.75 Å². The summed E-state index contributed by atoms with van der Waals surface area (Å²) in [6, 6.07) is 0. The number of rotatable bonds is 6. The van der Waals surface area contributed by atoms with Crippen LogP contribution in [0.15, 0.2) is 6.33 Å². The van der Waals surface area contributed by atoms with Crippen molar-refractivity contribution >= 4 is 11.6 Å². The van der Waals surface area contributed by atoms with Gasteiger partial charge in [0.1, 0.15) is 6.33 Å². The monoisotopic (exact) mass is 236 g/mol. The molecule has 0 saturated heterocycles. The van der Waals surface area contributed by atoms with Crippen LogP contribution in [-0.2, 0) is 0 Å². The van der Waals surface area contributed by atoms with Crippen LogP contribution in [0.5, 0.6) is 5.75 Å². The van der Waals surface area contributed by atoms with Crippen molar-refractivity contribution in [3.8, 4) is 5.75 Å². The lowest BCUT2D eigenvalue weighted by Gasteiger charge is -2.26. The Hall–Kier alpha value is -1.52. The van der Waals surface area contributed by atoms with E-state index in [0.29, 0.717) is 5.75 Å². The summed E-state index contributed by atoms with van der Waals surface area (Å²) in [6.07, 6.45) is 5.56. The number of anilines is 2. The van der Waals surface area contributed by atoms with Crippen LogP contribution in [-0.4, -0.2) is 30.2 Å². The van der Waals surface area contributed by atoms with Gasteiger partial charge < -0.3 is 15.4 Å². The van der Waals surface area contributed by atoms with Crippen molar-refractivity contribution in [2.75, 3.05) is 30.8 Å². The number of aromatic nitrogens is 2. The fraction of sp³-hybridized carbons (Fsp3) is 0.667. The topological polar surface area (TPSA) is 59.1 Å². The molecule has 1 aromatic heterocycles. The molecule has 0 unspecified atom stereocenters. The molecule has 1 saturated carbocycles. The van der Waals surface area contributed by atoms with Crippen LogP contribution >= 0.6 is 0 Å². The van der Waals surface area contributed by atoms with Gasteiger partial charge in [-0.25, -0.2) is 9.97 Å². The normalized spacial score (nSPS) is 15.2. The number of hydrogen-bond donors (Lipinski definition) is 2. The zero-order valence-electron chi connectivity index (χ0n) is 10.5. The van der Waals surface area contributed by atoms with Crippen molar-refractivity contribution < 1.29 is 4.74 Å². The smallest absolute Gasteiger partial charge is 0.204 e. The van der Waals surface area contributed by atoms with E-state index in [4.69, 9.17) is 4.74 Å². The molecule has 0 radical (unpaired) electrons. The molecule has 0 spiro atoms. The summed E-state index contributed by atoms with van der Waals surface area (Å²) in [5.74, 6) is 3.03. The minimum Gasteiger partial charge on any atom is -0.490 e.